The van der Waals surface area contributed by atoms with Gasteiger partial charge in [-0.15, -0.1) is 11.3 Å². The standard InChI is InChI=1S/C20H26FN3O6S2/c1-12(23-27)16-10-17(18(31-16)22-19(26)30-20(2,3)4)32(28,29)24(5)11-15(25)13-6-8-14(21)9-7-13/h6-10,15,25,27H,11H2,1-5H3,(H,22,26)/b23-12+. The molecule has 0 radical (unpaired) electrons. The number of hydrogen-bond acceptors (Lipinski definition) is 8. The summed E-state index contributed by atoms with van der Waals surface area (Å²) >= 11 is 0.895. The highest BCUT2D eigenvalue weighted by molar-refractivity contribution is 7.89. The number of sulfonamides is 1. The molecule has 9 nitrogen and oxygen atoms in total. The van der Waals surface area contributed by atoms with Crippen LogP contribution in [0.4, 0.5) is 14.2 Å². The van der Waals surface area contributed by atoms with Crippen molar-refractivity contribution in [1.29, 1.82) is 0 Å². The summed E-state index contributed by atoms with van der Waals surface area (Å²) in [5.41, 5.74) is -0.311. The van der Waals surface area contributed by atoms with Gasteiger partial charge in [-0.3, -0.25) is 5.32 Å². The number of aliphatic hydroxyl groups excluding tert-OH is 1. The van der Waals surface area contributed by atoms with E-state index in [4.69, 9.17) is 9.94 Å². The molecule has 176 valence electrons. The highest BCUT2D eigenvalue weighted by Gasteiger charge is 2.30. The Balaban J connectivity index is 2.35. The number of nitrogens with one attached hydrogen (secondary N) is 1. The Kier molecular flexibility index (Phi) is 7.99. The van der Waals surface area contributed by atoms with E-state index in [9.17, 15) is 22.7 Å². The molecular weight excluding hydrogens is 461 g/mol. The number of carbonyl (C=O) groups is 1. The lowest BCUT2D eigenvalue weighted by atomic mass is 10.1. The number of carbonyl (C=O) groups excluding carboxylic acids is 1. The molecule has 0 aliphatic carbocycles. The molecule has 0 fully saturated rings. The van der Waals surface area contributed by atoms with Gasteiger partial charge in [-0.1, -0.05) is 17.3 Å². The van der Waals surface area contributed by atoms with E-state index >= 15 is 0 Å². The van der Waals surface area contributed by atoms with Crippen LogP contribution in [0.3, 0.4) is 0 Å². The predicted octanol–water partition coefficient (Wildman–Crippen LogP) is 3.79. The van der Waals surface area contributed by atoms with Crippen LogP contribution < -0.4 is 5.32 Å². The van der Waals surface area contributed by atoms with Crippen LogP contribution in [-0.4, -0.2) is 54.0 Å². The average Bonchev–Trinajstić information content (AvgIpc) is 3.10. The Morgan fingerprint density at radius 1 is 1.31 bits per heavy atom. The van der Waals surface area contributed by atoms with Gasteiger partial charge in [-0.25, -0.2) is 17.6 Å². The molecule has 12 heteroatoms. The van der Waals surface area contributed by atoms with Gasteiger partial charge in [-0.2, -0.15) is 4.31 Å². The van der Waals surface area contributed by atoms with Gasteiger partial charge in [0, 0.05) is 13.6 Å². The van der Waals surface area contributed by atoms with Crippen molar-refractivity contribution in [2.75, 3.05) is 18.9 Å². The minimum atomic E-state index is -4.19. The largest absolute Gasteiger partial charge is 0.444 e. The first kappa shape index (κ1) is 25.7. The Labute approximate surface area is 190 Å². The van der Waals surface area contributed by atoms with E-state index in [2.05, 4.69) is 10.5 Å². The van der Waals surface area contributed by atoms with Crippen molar-refractivity contribution in [2.45, 2.75) is 44.3 Å². The quantitative estimate of drug-likeness (QED) is 0.310. The van der Waals surface area contributed by atoms with Crippen LogP contribution in [0.25, 0.3) is 0 Å². The Hall–Kier alpha value is -2.54. The lowest BCUT2D eigenvalue weighted by Gasteiger charge is -2.22. The average molecular weight is 488 g/mol. The molecule has 0 saturated carbocycles. The molecule has 0 aliphatic rings. The summed E-state index contributed by atoms with van der Waals surface area (Å²) < 4.78 is 45.7. The molecule has 0 spiro atoms. The third-order valence-corrected chi connectivity index (χ3v) is 7.33. The van der Waals surface area contributed by atoms with Gasteiger partial charge >= 0.3 is 6.09 Å². The Bertz CT molecular complexity index is 1090. The zero-order valence-corrected chi connectivity index (χ0v) is 19.9. The molecule has 32 heavy (non-hydrogen) atoms. The van der Waals surface area contributed by atoms with Crippen molar-refractivity contribution in [2.24, 2.45) is 5.16 Å². The lowest BCUT2D eigenvalue weighted by molar-refractivity contribution is 0.0636. The number of rotatable bonds is 7. The van der Waals surface area contributed by atoms with Crippen LogP contribution in [0.5, 0.6) is 0 Å². The topological polar surface area (TPSA) is 129 Å². The van der Waals surface area contributed by atoms with Gasteiger partial charge in [0.1, 0.15) is 21.3 Å². The molecule has 2 aromatic rings. The zero-order chi connectivity index (χ0) is 24.3. The number of benzene rings is 1. The number of aliphatic hydroxyl groups is 1. The van der Waals surface area contributed by atoms with Crippen molar-refractivity contribution in [3.63, 3.8) is 0 Å². The lowest BCUT2D eigenvalue weighted by Crippen LogP contribution is -2.32. The second-order valence-electron chi connectivity index (χ2n) is 7.97. The Morgan fingerprint density at radius 2 is 1.91 bits per heavy atom. The molecule has 1 unspecified atom stereocenters. The first-order valence-electron chi connectivity index (χ1n) is 9.47. The van der Waals surface area contributed by atoms with Gasteiger partial charge < -0.3 is 15.1 Å². The number of halogens is 1. The molecule has 2 rings (SSSR count). The summed E-state index contributed by atoms with van der Waals surface area (Å²) in [5, 5.41) is 24.9. The van der Waals surface area contributed by atoms with Crippen LogP contribution in [-0.2, 0) is 14.8 Å². The Morgan fingerprint density at radius 3 is 2.44 bits per heavy atom. The van der Waals surface area contributed by atoms with Crippen LogP contribution in [0.2, 0.25) is 0 Å². The smallest absolute Gasteiger partial charge is 0.412 e. The molecule has 1 atom stereocenters. The van der Waals surface area contributed by atoms with Crippen molar-refractivity contribution in [3.05, 3.63) is 46.6 Å². The summed E-state index contributed by atoms with van der Waals surface area (Å²) in [6.07, 6.45) is -2.06. The third kappa shape index (κ3) is 6.48. The van der Waals surface area contributed by atoms with E-state index in [-0.39, 0.29) is 22.2 Å². The number of nitrogens with zero attached hydrogens (tertiary/aromatic N) is 2. The van der Waals surface area contributed by atoms with Crippen LogP contribution >= 0.6 is 11.3 Å². The summed E-state index contributed by atoms with van der Waals surface area (Å²) in [6, 6.07) is 6.32. The van der Waals surface area contributed by atoms with E-state index in [1.807, 2.05) is 0 Å². The fourth-order valence-electron chi connectivity index (χ4n) is 2.58. The number of amides is 1. The summed E-state index contributed by atoms with van der Waals surface area (Å²) in [5.74, 6) is -0.480. The summed E-state index contributed by atoms with van der Waals surface area (Å²) in [4.78, 5) is 12.3. The van der Waals surface area contributed by atoms with Gasteiger partial charge in [-0.05, 0) is 51.5 Å². The number of thiophene rings is 1. The van der Waals surface area contributed by atoms with Gasteiger partial charge in [0.15, 0.2) is 0 Å². The molecule has 1 aromatic heterocycles. The maximum atomic E-state index is 13.2. The van der Waals surface area contributed by atoms with E-state index in [0.29, 0.717) is 10.4 Å². The number of anilines is 1. The molecule has 3 N–H and O–H groups in total. The second kappa shape index (κ2) is 9.94. The minimum Gasteiger partial charge on any atom is -0.444 e. The van der Waals surface area contributed by atoms with Crippen LogP contribution in [0.1, 0.15) is 44.2 Å². The fraction of sp³-hybridized carbons (Fsp3) is 0.400. The van der Waals surface area contributed by atoms with Crippen molar-refractivity contribution < 1.29 is 32.7 Å². The highest BCUT2D eigenvalue weighted by atomic mass is 32.2. The first-order chi connectivity index (χ1) is 14.7. The van der Waals surface area contributed by atoms with E-state index in [1.165, 1.54) is 32.2 Å². The normalized spacial score (nSPS) is 13.8. The number of oxime groups is 1. The molecule has 1 amide bonds. The van der Waals surface area contributed by atoms with Gasteiger partial charge in [0.2, 0.25) is 10.0 Å². The van der Waals surface area contributed by atoms with Crippen molar-refractivity contribution >= 4 is 38.2 Å². The van der Waals surface area contributed by atoms with Gasteiger partial charge in [0.05, 0.1) is 16.7 Å². The molecule has 1 heterocycles. The molecule has 0 bridgehead atoms. The maximum absolute atomic E-state index is 13.2. The van der Waals surface area contributed by atoms with Crippen molar-refractivity contribution in [3.8, 4) is 0 Å². The third-order valence-electron chi connectivity index (χ3n) is 4.19. The number of hydrogen-bond donors (Lipinski definition) is 3. The molecule has 1 aromatic carbocycles. The first-order valence-corrected chi connectivity index (χ1v) is 11.7. The number of ether oxygens (including phenoxy) is 1. The second-order valence-corrected chi connectivity index (χ2v) is 11.0. The summed E-state index contributed by atoms with van der Waals surface area (Å²) in [6.45, 7) is 6.14. The molecular formula is C20H26FN3O6S2. The monoisotopic (exact) mass is 487 g/mol. The van der Waals surface area contributed by atoms with Crippen LogP contribution in [0, 0.1) is 5.82 Å². The molecule has 0 saturated heterocycles. The fourth-order valence-corrected chi connectivity index (χ4v) is 5.20. The highest BCUT2D eigenvalue weighted by Crippen LogP contribution is 2.35. The van der Waals surface area contributed by atoms with E-state index in [0.717, 1.165) is 27.8 Å². The summed E-state index contributed by atoms with van der Waals surface area (Å²) in [7, 11) is -2.92. The maximum Gasteiger partial charge on any atom is 0.412 e. The zero-order valence-electron chi connectivity index (χ0n) is 18.3. The number of likely N-dealkylation sites (N-methyl/N-ethyl adjacent to an activating group) is 1. The van der Waals surface area contributed by atoms with Crippen molar-refractivity contribution in [1.82, 2.24) is 4.31 Å². The van der Waals surface area contributed by atoms with E-state index < -0.39 is 33.6 Å². The minimum absolute atomic E-state index is 0.0274. The van der Waals surface area contributed by atoms with Crippen LogP contribution in [0.15, 0.2) is 40.4 Å². The SMILES string of the molecule is C/C(=N\O)c1cc(S(=O)(=O)N(C)CC(O)c2ccc(F)cc2)c(NC(=O)OC(C)(C)C)s1. The molecule has 0 aliphatic heterocycles. The van der Waals surface area contributed by atoms with Gasteiger partial charge in [0.25, 0.3) is 0 Å². The predicted molar refractivity (Wildman–Crippen MR) is 119 cm³/mol. The van der Waals surface area contributed by atoms with E-state index in [1.54, 1.807) is 20.8 Å².